The minimum Gasteiger partial charge on any atom is -0.493 e. The van der Waals surface area contributed by atoms with Gasteiger partial charge in [-0.25, -0.2) is 4.98 Å². The van der Waals surface area contributed by atoms with E-state index in [0.29, 0.717) is 28.8 Å². The second-order valence-electron chi connectivity index (χ2n) is 8.04. The monoisotopic (exact) mass is 464 g/mol. The van der Waals surface area contributed by atoms with Gasteiger partial charge in [0.05, 0.1) is 32.9 Å². The van der Waals surface area contributed by atoms with Gasteiger partial charge in [0.15, 0.2) is 11.5 Å². The highest BCUT2D eigenvalue weighted by molar-refractivity contribution is 6.00. The quantitative estimate of drug-likeness (QED) is 0.551. The minimum atomic E-state index is -0.516. The van der Waals surface area contributed by atoms with Gasteiger partial charge in [-0.05, 0) is 5.56 Å². The van der Waals surface area contributed by atoms with E-state index in [0.717, 1.165) is 5.56 Å². The zero-order valence-corrected chi connectivity index (χ0v) is 19.6. The Morgan fingerprint density at radius 1 is 1.09 bits per heavy atom. The normalized spacial score (nSPS) is 16.3. The number of carbonyl (C=O) groups excluding carboxylic acids is 2. The smallest absolute Gasteiger partial charge is 0.227 e. The molecular weight excluding hydrogens is 436 g/mol. The molecule has 1 fully saturated rings. The van der Waals surface area contributed by atoms with Gasteiger partial charge in [0.2, 0.25) is 17.6 Å². The predicted octanol–water partition coefficient (Wildman–Crippen LogP) is 2.70. The van der Waals surface area contributed by atoms with Crippen molar-refractivity contribution >= 4 is 17.5 Å². The Hall–Kier alpha value is -4.01. The van der Waals surface area contributed by atoms with Gasteiger partial charge in [0.25, 0.3) is 0 Å². The van der Waals surface area contributed by atoms with Crippen LogP contribution in [-0.4, -0.2) is 49.2 Å². The number of aromatic nitrogens is 2. The summed E-state index contributed by atoms with van der Waals surface area (Å²) in [7, 11) is 6.44. The molecule has 4 rings (SSSR count). The van der Waals surface area contributed by atoms with Gasteiger partial charge in [-0.1, -0.05) is 30.3 Å². The number of amides is 2. The van der Waals surface area contributed by atoms with Crippen molar-refractivity contribution < 1.29 is 23.8 Å². The maximum Gasteiger partial charge on any atom is 0.227 e. The van der Waals surface area contributed by atoms with Crippen molar-refractivity contribution in [1.82, 2.24) is 14.9 Å². The third-order valence-electron chi connectivity index (χ3n) is 5.99. The van der Waals surface area contributed by atoms with Crippen LogP contribution in [0.25, 0.3) is 0 Å². The summed E-state index contributed by atoms with van der Waals surface area (Å²) in [4.78, 5) is 32.2. The molecule has 0 bridgehead atoms. The van der Waals surface area contributed by atoms with E-state index in [2.05, 4.69) is 10.3 Å². The van der Waals surface area contributed by atoms with Crippen LogP contribution in [0.5, 0.6) is 17.2 Å². The molecule has 34 heavy (non-hydrogen) atoms. The van der Waals surface area contributed by atoms with Crippen LogP contribution in [0.15, 0.2) is 54.9 Å². The molecule has 1 aromatic heterocycles. The Morgan fingerprint density at radius 3 is 2.32 bits per heavy atom. The van der Waals surface area contributed by atoms with Crippen molar-refractivity contribution in [1.29, 1.82) is 0 Å². The summed E-state index contributed by atoms with van der Waals surface area (Å²) < 4.78 is 18.1. The molecule has 9 nitrogen and oxygen atoms in total. The summed E-state index contributed by atoms with van der Waals surface area (Å²) in [6, 6.07) is 12.6. The van der Waals surface area contributed by atoms with E-state index in [9.17, 15) is 9.59 Å². The predicted molar refractivity (Wildman–Crippen MR) is 126 cm³/mol. The van der Waals surface area contributed by atoms with E-state index < -0.39 is 12.0 Å². The molecule has 178 valence electrons. The number of hydrogen-bond donors (Lipinski definition) is 1. The molecule has 2 aromatic carbocycles. The Labute approximate surface area is 198 Å². The SMILES string of the molecule is COc1cc(N2CC(C(=O)NC(c3ccccc3)c3nccn3C)CC2=O)cc(OC)c1OC. The van der Waals surface area contributed by atoms with E-state index >= 15 is 0 Å². The molecule has 1 aliphatic rings. The van der Waals surface area contributed by atoms with Crippen molar-refractivity contribution in [3.8, 4) is 17.2 Å². The van der Waals surface area contributed by atoms with Gasteiger partial charge < -0.3 is 29.0 Å². The Morgan fingerprint density at radius 2 is 1.76 bits per heavy atom. The zero-order valence-electron chi connectivity index (χ0n) is 19.6. The fourth-order valence-corrected chi connectivity index (χ4v) is 4.21. The summed E-state index contributed by atoms with van der Waals surface area (Å²) in [5, 5.41) is 3.10. The fraction of sp³-hybridized carbons (Fsp3) is 0.320. The van der Waals surface area contributed by atoms with Crippen molar-refractivity contribution in [3.63, 3.8) is 0 Å². The summed E-state index contributed by atoms with van der Waals surface area (Å²) in [6.07, 6.45) is 3.63. The largest absolute Gasteiger partial charge is 0.493 e. The van der Waals surface area contributed by atoms with E-state index in [-0.39, 0.29) is 24.8 Å². The molecule has 0 aliphatic carbocycles. The van der Waals surface area contributed by atoms with Crippen molar-refractivity contribution in [2.75, 3.05) is 32.8 Å². The number of methoxy groups -OCH3 is 3. The standard InChI is InChI=1S/C25H28N4O5/c1-28-11-10-26-24(28)22(16-8-6-5-7-9-16)27-25(31)17-12-21(30)29(15-17)18-13-19(32-2)23(34-4)20(14-18)33-3/h5-11,13-14,17,22H,12,15H2,1-4H3,(H,27,31). The average Bonchev–Trinajstić information content (AvgIpc) is 3.47. The summed E-state index contributed by atoms with van der Waals surface area (Å²) in [5.41, 5.74) is 1.49. The third kappa shape index (κ3) is 4.41. The van der Waals surface area contributed by atoms with Crippen LogP contribution in [0.2, 0.25) is 0 Å². The van der Waals surface area contributed by atoms with Gasteiger partial charge in [-0.2, -0.15) is 0 Å². The first-order chi connectivity index (χ1) is 16.5. The van der Waals surface area contributed by atoms with Crippen LogP contribution in [0.1, 0.15) is 23.9 Å². The number of nitrogens with zero attached hydrogens (tertiary/aromatic N) is 3. The van der Waals surface area contributed by atoms with Crippen LogP contribution in [0, 0.1) is 5.92 Å². The van der Waals surface area contributed by atoms with Crippen LogP contribution in [0.3, 0.4) is 0 Å². The van der Waals surface area contributed by atoms with Crippen LogP contribution < -0.4 is 24.4 Å². The lowest BCUT2D eigenvalue weighted by Crippen LogP contribution is -2.37. The maximum absolute atomic E-state index is 13.3. The summed E-state index contributed by atoms with van der Waals surface area (Å²) >= 11 is 0. The molecule has 1 saturated heterocycles. The zero-order chi connectivity index (χ0) is 24.2. The Kier molecular flexibility index (Phi) is 6.72. The number of anilines is 1. The van der Waals surface area contributed by atoms with Gasteiger partial charge in [-0.15, -0.1) is 0 Å². The molecule has 9 heteroatoms. The second kappa shape index (κ2) is 9.86. The summed E-state index contributed by atoms with van der Waals surface area (Å²) in [6.45, 7) is 0.241. The highest BCUT2D eigenvalue weighted by Crippen LogP contribution is 2.42. The highest BCUT2D eigenvalue weighted by Gasteiger charge is 2.37. The van der Waals surface area contributed by atoms with Crippen LogP contribution in [0.4, 0.5) is 5.69 Å². The topological polar surface area (TPSA) is 94.9 Å². The molecule has 0 saturated carbocycles. The molecular formula is C25H28N4O5. The Balaban J connectivity index is 1.57. The van der Waals surface area contributed by atoms with Crippen molar-refractivity contribution in [2.45, 2.75) is 12.5 Å². The molecule has 2 unspecified atom stereocenters. The number of nitrogens with one attached hydrogen (secondary N) is 1. The number of carbonyl (C=O) groups is 2. The van der Waals surface area contributed by atoms with E-state index in [1.165, 1.54) is 21.3 Å². The molecule has 1 aliphatic heterocycles. The van der Waals surface area contributed by atoms with Crippen LogP contribution in [-0.2, 0) is 16.6 Å². The first-order valence-corrected chi connectivity index (χ1v) is 10.9. The first kappa shape index (κ1) is 23.2. The first-order valence-electron chi connectivity index (χ1n) is 10.9. The number of aryl methyl sites for hydroxylation is 1. The lowest BCUT2D eigenvalue weighted by Gasteiger charge is -2.22. The molecule has 2 amide bonds. The minimum absolute atomic E-state index is 0.102. The van der Waals surface area contributed by atoms with Gasteiger partial charge in [0.1, 0.15) is 11.9 Å². The number of rotatable bonds is 8. The van der Waals surface area contributed by atoms with E-state index in [1.54, 1.807) is 23.2 Å². The molecule has 0 spiro atoms. The maximum atomic E-state index is 13.3. The van der Waals surface area contributed by atoms with Crippen LogP contribution >= 0.6 is 0 Å². The van der Waals surface area contributed by atoms with Crippen molar-refractivity contribution in [3.05, 3.63) is 66.2 Å². The number of benzene rings is 2. The third-order valence-corrected chi connectivity index (χ3v) is 5.99. The fourth-order valence-electron chi connectivity index (χ4n) is 4.21. The number of ether oxygens (including phenoxy) is 3. The average molecular weight is 465 g/mol. The molecule has 2 atom stereocenters. The molecule has 0 radical (unpaired) electrons. The van der Waals surface area contributed by atoms with Gasteiger partial charge in [-0.3, -0.25) is 9.59 Å². The van der Waals surface area contributed by atoms with E-state index in [1.807, 2.05) is 48.1 Å². The summed E-state index contributed by atoms with van der Waals surface area (Å²) in [5.74, 6) is 1.16. The molecule has 3 aromatic rings. The highest BCUT2D eigenvalue weighted by atomic mass is 16.5. The number of imidazole rings is 1. The Bertz CT molecular complexity index is 1150. The van der Waals surface area contributed by atoms with Gasteiger partial charge >= 0.3 is 0 Å². The van der Waals surface area contributed by atoms with E-state index in [4.69, 9.17) is 14.2 Å². The molecule has 2 heterocycles. The number of hydrogen-bond acceptors (Lipinski definition) is 6. The van der Waals surface area contributed by atoms with Crippen molar-refractivity contribution in [2.24, 2.45) is 13.0 Å². The lowest BCUT2D eigenvalue weighted by molar-refractivity contribution is -0.126. The van der Waals surface area contributed by atoms with Gasteiger partial charge in [0, 0.05) is 44.5 Å². The second-order valence-corrected chi connectivity index (χ2v) is 8.04. The lowest BCUT2D eigenvalue weighted by atomic mass is 10.0. The molecule has 1 N–H and O–H groups in total.